The van der Waals surface area contributed by atoms with Crippen molar-refractivity contribution >= 4 is 38.5 Å². The summed E-state index contributed by atoms with van der Waals surface area (Å²) >= 11 is 5.84. The van der Waals surface area contributed by atoms with Crippen LogP contribution < -0.4 is 4.74 Å². The van der Waals surface area contributed by atoms with Crippen LogP contribution in [-0.2, 0) is 0 Å². The highest BCUT2D eigenvalue weighted by molar-refractivity contribution is 14.1. The number of hydrogen-bond donors (Lipinski definition) is 0. The molecule has 0 aliphatic heterocycles. The van der Waals surface area contributed by atoms with E-state index in [0.29, 0.717) is 17.3 Å². The van der Waals surface area contributed by atoms with E-state index in [4.69, 9.17) is 4.74 Å². The summed E-state index contributed by atoms with van der Waals surface area (Å²) in [6.07, 6.45) is 0. The van der Waals surface area contributed by atoms with Gasteiger partial charge in [-0.05, 0) is 76.2 Å². The maximum Gasteiger partial charge on any atom is 0.123 e. The molecule has 1 fully saturated rings. The predicted octanol–water partition coefficient (Wildman–Crippen LogP) is 6.18. The van der Waals surface area contributed by atoms with Gasteiger partial charge < -0.3 is 4.74 Å². The molecule has 3 heteroatoms. The van der Waals surface area contributed by atoms with Crippen molar-refractivity contribution in [2.45, 2.75) is 26.7 Å². The molecule has 1 aliphatic rings. The van der Waals surface area contributed by atoms with E-state index >= 15 is 0 Å². The second-order valence-corrected chi connectivity index (χ2v) is 8.84. The zero-order valence-corrected chi connectivity index (χ0v) is 16.8. The molecule has 2 atom stereocenters. The van der Waals surface area contributed by atoms with E-state index in [1.807, 2.05) is 0 Å². The average molecular weight is 471 g/mol. The molecule has 3 rings (SSSR count). The van der Waals surface area contributed by atoms with Crippen molar-refractivity contribution in [1.82, 2.24) is 0 Å². The van der Waals surface area contributed by atoms with Crippen LogP contribution in [-0.4, -0.2) is 6.61 Å². The van der Waals surface area contributed by atoms with Crippen molar-refractivity contribution in [3.8, 4) is 5.75 Å². The molecule has 0 bridgehead atoms. The molecule has 22 heavy (non-hydrogen) atoms. The van der Waals surface area contributed by atoms with Gasteiger partial charge in [-0.15, -0.1) is 0 Å². The molecule has 2 aromatic rings. The van der Waals surface area contributed by atoms with Crippen LogP contribution in [0.5, 0.6) is 5.75 Å². The van der Waals surface area contributed by atoms with E-state index in [1.165, 1.54) is 14.7 Å². The average Bonchev–Trinajstić information content (AvgIpc) is 3.02. The smallest absolute Gasteiger partial charge is 0.123 e. The van der Waals surface area contributed by atoms with E-state index in [0.717, 1.165) is 16.8 Å². The Balaban J connectivity index is 1.70. The summed E-state index contributed by atoms with van der Waals surface area (Å²) in [4.78, 5) is 0. The number of hydrogen-bond acceptors (Lipinski definition) is 1. The van der Waals surface area contributed by atoms with E-state index < -0.39 is 0 Å². The van der Waals surface area contributed by atoms with Gasteiger partial charge in [0, 0.05) is 14.0 Å². The molecular weight excluding hydrogens is 451 g/mol. The van der Waals surface area contributed by atoms with Crippen LogP contribution in [0, 0.1) is 21.8 Å². The van der Waals surface area contributed by atoms with E-state index in [9.17, 15) is 0 Å². The van der Waals surface area contributed by atoms with Crippen molar-refractivity contribution in [3.05, 3.63) is 61.6 Å². The SMILES string of the molecule is Cc1ccc(I)cc1OC[C@H]1[C@H](c2ccc(Br)cc2)C1(C)C. The Kier molecular flexibility index (Phi) is 4.56. The van der Waals surface area contributed by atoms with Crippen LogP contribution in [0.4, 0.5) is 0 Å². The molecule has 1 saturated carbocycles. The second kappa shape index (κ2) is 6.16. The first-order valence-corrected chi connectivity index (χ1v) is 9.41. The lowest BCUT2D eigenvalue weighted by molar-refractivity contribution is 0.277. The second-order valence-electron chi connectivity index (χ2n) is 6.68. The lowest BCUT2D eigenvalue weighted by atomic mass is 10.0. The van der Waals surface area contributed by atoms with Gasteiger partial charge in [0.2, 0.25) is 0 Å². The summed E-state index contributed by atoms with van der Waals surface area (Å²) in [7, 11) is 0. The van der Waals surface area contributed by atoms with E-state index in [2.05, 4.69) is 102 Å². The Hall–Kier alpha value is -0.550. The van der Waals surface area contributed by atoms with Gasteiger partial charge in [-0.2, -0.15) is 0 Å². The zero-order valence-electron chi connectivity index (χ0n) is 13.1. The van der Waals surface area contributed by atoms with Crippen LogP contribution in [0.25, 0.3) is 0 Å². The highest BCUT2D eigenvalue weighted by Gasteiger charge is 2.58. The quantitative estimate of drug-likeness (QED) is 0.484. The number of benzene rings is 2. The normalized spacial score (nSPS) is 22.4. The van der Waals surface area contributed by atoms with Crippen molar-refractivity contribution in [1.29, 1.82) is 0 Å². The molecule has 116 valence electrons. The lowest BCUT2D eigenvalue weighted by Crippen LogP contribution is -2.05. The monoisotopic (exact) mass is 470 g/mol. The van der Waals surface area contributed by atoms with Gasteiger partial charge in [0.25, 0.3) is 0 Å². The predicted molar refractivity (Wildman–Crippen MR) is 104 cm³/mol. The van der Waals surface area contributed by atoms with Crippen LogP contribution in [0.3, 0.4) is 0 Å². The van der Waals surface area contributed by atoms with Gasteiger partial charge in [0.1, 0.15) is 5.75 Å². The van der Waals surface area contributed by atoms with Crippen LogP contribution in [0.2, 0.25) is 0 Å². The fourth-order valence-electron chi connectivity index (χ4n) is 3.30. The molecule has 2 aromatic carbocycles. The molecule has 0 unspecified atom stereocenters. The van der Waals surface area contributed by atoms with Crippen molar-refractivity contribution < 1.29 is 4.74 Å². The third kappa shape index (κ3) is 3.21. The van der Waals surface area contributed by atoms with Crippen LogP contribution in [0.1, 0.15) is 30.9 Å². The first-order chi connectivity index (χ1) is 10.4. The Labute approximate surface area is 154 Å². The first-order valence-electron chi connectivity index (χ1n) is 7.54. The fraction of sp³-hybridized carbons (Fsp3) is 0.368. The largest absolute Gasteiger partial charge is 0.493 e. The van der Waals surface area contributed by atoms with Gasteiger partial charge in [-0.1, -0.05) is 48.0 Å². The maximum atomic E-state index is 6.14. The molecule has 0 aromatic heterocycles. The summed E-state index contributed by atoms with van der Waals surface area (Å²) in [6, 6.07) is 15.1. The molecule has 0 spiro atoms. The lowest BCUT2D eigenvalue weighted by Gasteiger charge is -2.10. The molecule has 1 nitrogen and oxygen atoms in total. The summed E-state index contributed by atoms with van der Waals surface area (Å²) in [5.41, 5.74) is 2.93. The number of aryl methyl sites for hydroxylation is 1. The van der Waals surface area contributed by atoms with Crippen molar-refractivity contribution in [2.24, 2.45) is 11.3 Å². The Morgan fingerprint density at radius 3 is 2.50 bits per heavy atom. The topological polar surface area (TPSA) is 9.23 Å². The number of halogens is 2. The van der Waals surface area contributed by atoms with Gasteiger partial charge >= 0.3 is 0 Å². The minimum atomic E-state index is 0.309. The van der Waals surface area contributed by atoms with Gasteiger partial charge in [-0.25, -0.2) is 0 Å². The highest BCUT2D eigenvalue weighted by atomic mass is 127. The summed E-state index contributed by atoms with van der Waals surface area (Å²) < 4.78 is 8.49. The molecule has 0 amide bonds. The van der Waals surface area contributed by atoms with E-state index in [-0.39, 0.29) is 0 Å². The molecule has 0 heterocycles. The fourth-order valence-corrected chi connectivity index (χ4v) is 4.02. The summed E-state index contributed by atoms with van der Waals surface area (Å²) in [6.45, 7) is 7.58. The Morgan fingerprint density at radius 1 is 1.14 bits per heavy atom. The standard InChI is InChI=1S/C19H20BrIO/c1-12-4-9-15(21)10-17(12)22-11-16-18(19(16,2)3)13-5-7-14(20)8-6-13/h4-10,16,18H,11H2,1-3H3/t16-,18-/m0/s1. The van der Waals surface area contributed by atoms with Crippen molar-refractivity contribution in [3.63, 3.8) is 0 Å². The highest BCUT2D eigenvalue weighted by Crippen LogP contribution is 2.64. The minimum absolute atomic E-state index is 0.309. The molecule has 0 saturated heterocycles. The molecule has 1 aliphatic carbocycles. The summed E-state index contributed by atoms with van der Waals surface area (Å²) in [5, 5.41) is 0. The third-order valence-electron chi connectivity index (χ3n) is 4.85. The molecule has 0 N–H and O–H groups in total. The van der Waals surface area contributed by atoms with Crippen LogP contribution >= 0.6 is 38.5 Å². The molecule has 0 radical (unpaired) electrons. The van der Waals surface area contributed by atoms with Gasteiger partial charge in [0.05, 0.1) is 6.61 Å². The third-order valence-corrected chi connectivity index (χ3v) is 6.05. The Bertz CT molecular complexity index is 678. The van der Waals surface area contributed by atoms with Crippen molar-refractivity contribution in [2.75, 3.05) is 6.61 Å². The zero-order chi connectivity index (χ0) is 15.9. The van der Waals surface area contributed by atoms with Crippen LogP contribution in [0.15, 0.2) is 46.9 Å². The molecular formula is C19H20BrIO. The minimum Gasteiger partial charge on any atom is -0.493 e. The van der Waals surface area contributed by atoms with E-state index in [1.54, 1.807) is 0 Å². The summed E-state index contributed by atoms with van der Waals surface area (Å²) in [5.74, 6) is 2.18. The number of ether oxygens (including phenoxy) is 1. The maximum absolute atomic E-state index is 6.14. The van der Waals surface area contributed by atoms with Gasteiger partial charge in [-0.3, -0.25) is 0 Å². The number of rotatable bonds is 4. The van der Waals surface area contributed by atoms with Gasteiger partial charge in [0.15, 0.2) is 0 Å². The first kappa shape index (κ1) is 16.3. The Morgan fingerprint density at radius 2 is 1.82 bits per heavy atom.